The minimum absolute atomic E-state index is 0.184. The molecule has 4 heteroatoms. The third-order valence-electron chi connectivity index (χ3n) is 2.77. The molecule has 0 N–H and O–H groups in total. The molecule has 1 aromatic heterocycles. The highest BCUT2D eigenvalue weighted by Crippen LogP contribution is 2.25. The molecule has 1 heterocycles. The van der Waals surface area contributed by atoms with Crippen LogP contribution in [0.3, 0.4) is 0 Å². The molecule has 0 saturated heterocycles. The Morgan fingerprint density at radius 3 is 2.47 bits per heavy atom. The molecule has 0 aliphatic rings. The summed E-state index contributed by atoms with van der Waals surface area (Å²) in [6, 6.07) is 9.42. The van der Waals surface area contributed by atoms with E-state index >= 15 is 0 Å². The third-order valence-corrected chi connectivity index (χ3v) is 3.39. The topological polar surface area (TPSA) is 39.2 Å². The van der Waals surface area contributed by atoms with E-state index in [0.717, 1.165) is 21.3 Å². The maximum Gasteiger partial charge on any atom is 0.141 e. The second-order valence-corrected chi connectivity index (χ2v) is 5.07. The lowest BCUT2D eigenvalue weighted by Crippen LogP contribution is -2.06. The lowest BCUT2D eigenvalue weighted by Gasteiger charge is -2.06. The lowest BCUT2D eigenvalue weighted by atomic mass is 10.0. The number of rotatable bonds is 5. The van der Waals surface area contributed by atoms with Crippen molar-refractivity contribution in [2.24, 2.45) is 0 Å². The molecule has 0 amide bonds. The number of nitrogens with zero attached hydrogens (tertiary/aromatic N) is 1. The predicted octanol–water partition coefficient (Wildman–Crippen LogP) is 3.21. The SMILES string of the molecule is COc1ccc(CC(=O)Cc2ccncc2)cc1Br. The molecule has 98 valence electrons. The van der Waals surface area contributed by atoms with Crippen LogP contribution < -0.4 is 4.74 Å². The number of benzene rings is 1. The van der Waals surface area contributed by atoms with Crippen molar-refractivity contribution in [3.63, 3.8) is 0 Å². The van der Waals surface area contributed by atoms with E-state index in [1.807, 2.05) is 30.3 Å². The number of carbonyl (C=O) groups excluding carboxylic acids is 1. The Morgan fingerprint density at radius 1 is 1.16 bits per heavy atom. The van der Waals surface area contributed by atoms with Gasteiger partial charge in [-0.1, -0.05) is 6.07 Å². The van der Waals surface area contributed by atoms with Gasteiger partial charge in [0.2, 0.25) is 0 Å². The van der Waals surface area contributed by atoms with Gasteiger partial charge in [0.15, 0.2) is 0 Å². The third kappa shape index (κ3) is 3.89. The number of pyridine rings is 1. The maximum atomic E-state index is 12.0. The minimum Gasteiger partial charge on any atom is -0.496 e. The van der Waals surface area contributed by atoms with Crippen molar-refractivity contribution in [3.05, 3.63) is 58.3 Å². The monoisotopic (exact) mass is 319 g/mol. The smallest absolute Gasteiger partial charge is 0.141 e. The van der Waals surface area contributed by atoms with E-state index in [9.17, 15) is 4.79 Å². The van der Waals surface area contributed by atoms with E-state index in [2.05, 4.69) is 20.9 Å². The number of hydrogen-bond donors (Lipinski definition) is 0. The number of aromatic nitrogens is 1. The van der Waals surface area contributed by atoms with Crippen LogP contribution in [0.4, 0.5) is 0 Å². The Hall–Kier alpha value is -1.68. The molecule has 0 bridgehead atoms. The van der Waals surface area contributed by atoms with Crippen molar-refractivity contribution in [3.8, 4) is 5.75 Å². The quantitative estimate of drug-likeness (QED) is 0.849. The number of methoxy groups -OCH3 is 1. The van der Waals surface area contributed by atoms with Crippen LogP contribution in [-0.4, -0.2) is 17.9 Å². The molecule has 2 aromatic rings. The molecular formula is C15H14BrNO2. The first-order valence-electron chi connectivity index (χ1n) is 5.92. The van der Waals surface area contributed by atoms with Gasteiger partial charge in [-0.2, -0.15) is 0 Å². The van der Waals surface area contributed by atoms with E-state index in [1.165, 1.54) is 0 Å². The predicted molar refractivity (Wildman–Crippen MR) is 77.3 cm³/mol. The van der Waals surface area contributed by atoms with Gasteiger partial charge in [0, 0.05) is 25.2 Å². The van der Waals surface area contributed by atoms with Crippen LogP contribution in [0, 0.1) is 0 Å². The van der Waals surface area contributed by atoms with E-state index in [0.29, 0.717) is 12.8 Å². The van der Waals surface area contributed by atoms with E-state index in [4.69, 9.17) is 4.74 Å². The summed E-state index contributed by atoms with van der Waals surface area (Å²) >= 11 is 3.42. The zero-order valence-corrected chi connectivity index (χ0v) is 12.2. The summed E-state index contributed by atoms with van der Waals surface area (Å²) < 4.78 is 6.03. The van der Waals surface area contributed by atoms with Crippen LogP contribution in [0.1, 0.15) is 11.1 Å². The van der Waals surface area contributed by atoms with Crippen molar-refractivity contribution in [1.29, 1.82) is 0 Å². The number of ether oxygens (including phenoxy) is 1. The Balaban J connectivity index is 2.01. The van der Waals surface area contributed by atoms with Crippen LogP contribution >= 0.6 is 15.9 Å². The van der Waals surface area contributed by atoms with Gasteiger partial charge in [-0.15, -0.1) is 0 Å². The van der Waals surface area contributed by atoms with Gasteiger partial charge in [0.1, 0.15) is 11.5 Å². The minimum atomic E-state index is 0.184. The molecule has 2 rings (SSSR count). The van der Waals surface area contributed by atoms with Gasteiger partial charge in [0.05, 0.1) is 11.6 Å². The standard InChI is InChI=1S/C15H14BrNO2/c1-19-15-3-2-12(10-14(15)16)9-13(18)8-11-4-6-17-7-5-11/h2-7,10H,8-9H2,1H3. The van der Waals surface area contributed by atoms with Gasteiger partial charge in [-0.05, 0) is 51.3 Å². The van der Waals surface area contributed by atoms with Crippen LogP contribution in [0.25, 0.3) is 0 Å². The van der Waals surface area contributed by atoms with E-state index in [1.54, 1.807) is 19.5 Å². The Bertz CT molecular complexity index is 570. The molecule has 0 aliphatic heterocycles. The highest BCUT2D eigenvalue weighted by atomic mass is 79.9. The van der Waals surface area contributed by atoms with Gasteiger partial charge in [0.25, 0.3) is 0 Å². The van der Waals surface area contributed by atoms with E-state index in [-0.39, 0.29) is 5.78 Å². The Morgan fingerprint density at radius 2 is 1.84 bits per heavy atom. The number of hydrogen-bond acceptors (Lipinski definition) is 3. The first-order chi connectivity index (χ1) is 9.19. The summed E-state index contributed by atoms with van der Waals surface area (Å²) in [5, 5.41) is 0. The fourth-order valence-electron chi connectivity index (χ4n) is 1.84. The zero-order valence-electron chi connectivity index (χ0n) is 10.6. The zero-order chi connectivity index (χ0) is 13.7. The number of carbonyl (C=O) groups is 1. The highest BCUT2D eigenvalue weighted by molar-refractivity contribution is 9.10. The molecule has 0 aliphatic carbocycles. The first-order valence-corrected chi connectivity index (χ1v) is 6.71. The second kappa shape index (κ2) is 6.48. The summed E-state index contributed by atoms with van der Waals surface area (Å²) in [5.41, 5.74) is 1.97. The highest BCUT2D eigenvalue weighted by Gasteiger charge is 2.07. The average Bonchev–Trinajstić information content (AvgIpc) is 2.40. The van der Waals surface area contributed by atoms with E-state index < -0.39 is 0 Å². The van der Waals surface area contributed by atoms with Crippen molar-refractivity contribution in [2.75, 3.05) is 7.11 Å². The molecule has 3 nitrogen and oxygen atoms in total. The van der Waals surface area contributed by atoms with Gasteiger partial charge in [-0.25, -0.2) is 0 Å². The average molecular weight is 320 g/mol. The molecule has 1 aromatic carbocycles. The molecule has 0 unspecified atom stereocenters. The van der Waals surface area contributed by atoms with Gasteiger partial charge in [-0.3, -0.25) is 9.78 Å². The summed E-state index contributed by atoms with van der Waals surface area (Å²) in [7, 11) is 1.62. The Labute approximate surface area is 120 Å². The van der Waals surface area contributed by atoms with Crippen LogP contribution in [0.15, 0.2) is 47.2 Å². The summed E-state index contributed by atoms with van der Waals surface area (Å²) in [6.45, 7) is 0. The number of ketones is 1. The molecule has 0 atom stereocenters. The lowest BCUT2D eigenvalue weighted by molar-refractivity contribution is -0.117. The second-order valence-electron chi connectivity index (χ2n) is 4.22. The van der Waals surface area contributed by atoms with Crippen molar-refractivity contribution in [2.45, 2.75) is 12.8 Å². The molecule has 0 radical (unpaired) electrons. The number of Topliss-reactive ketones (excluding diaryl/α,β-unsaturated/α-hetero) is 1. The van der Waals surface area contributed by atoms with Gasteiger partial charge >= 0.3 is 0 Å². The fourth-order valence-corrected chi connectivity index (χ4v) is 2.43. The normalized spacial score (nSPS) is 10.2. The fraction of sp³-hybridized carbons (Fsp3) is 0.200. The molecular weight excluding hydrogens is 306 g/mol. The number of halogens is 1. The Kier molecular flexibility index (Phi) is 4.68. The molecule has 0 spiro atoms. The molecule has 0 saturated carbocycles. The molecule has 19 heavy (non-hydrogen) atoms. The van der Waals surface area contributed by atoms with Crippen LogP contribution in [0.2, 0.25) is 0 Å². The van der Waals surface area contributed by atoms with Gasteiger partial charge < -0.3 is 4.74 Å². The van der Waals surface area contributed by atoms with Crippen molar-refractivity contribution < 1.29 is 9.53 Å². The summed E-state index contributed by atoms with van der Waals surface area (Å²) in [5.74, 6) is 0.952. The largest absolute Gasteiger partial charge is 0.496 e. The van der Waals surface area contributed by atoms with Crippen LogP contribution in [-0.2, 0) is 17.6 Å². The summed E-state index contributed by atoms with van der Waals surface area (Å²) in [6.07, 6.45) is 4.26. The summed E-state index contributed by atoms with van der Waals surface area (Å²) in [4.78, 5) is 15.9. The first kappa shape index (κ1) is 13.7. The van der Waals surface area contributed by atoms with Crippen molar-refractivity contribution >= 4 is 21.7 Å². The van der Waals surface area contributed by atoms with Crippen LogP contribution in [0.5, 0.6) is 5.75 Å². The van der Waals surface area contributed by atoms with Crippen molar-refractivity contribution in [1.82, 2.24) is 4.98 Å². The molecule has 0 fully saturated rings. The maximum absolute atomic E-state index is 12.0.